The van der Waals surface area contributed by atoms with Crippen LogP contribution in [0.5, 0.6) is 11.5 Å². The van der Waals surface area contributed by atoms with Crippen molar-refractivity contribution in [2.75, 3.05) is 24.8 Å². The van der Waals surface area contributed by atoms with Gasteiger partial charge in [0.05, 0.1) is 30.1 Å². The van der Waals surface area contributed by atoms with Gasteiger partial charge in [-0.15, -0.1) is 11.3 Å². The van der Waals surface area contributed by atoms with E-state index in [1.54, 1.807) is 12.1 Å². The highest BCUT2D eigenvalue weighted by atomic mass is 32.2. The van der Waals surface area contributed by atoms with E-state index in [1.165, 1.54) is 30.6 Å². The number of benzene rings is 2. The summed E-state index contributed by atoms with van der Waals surface area (Å²) in [4.78, 5) is 16.8. The molecule has 158 valence electrons. The lowest BCUT2D eigenvalue weighted by molar-refractivity contribution is -0.115. The minimum absolute atomic E-state index is 0.156. The van der Waals surface area contributed by atoms with Gasteiger partial charge in [0.2, 0.25) is 5.91 Å². The van der Waals surface area contributed by atoms with Crippen LogP contribution in [0.2, 0.25) is 0 Å². The normalized spacial score (nSPS) is 11.1. The summed E-state index contributed by atoms with van der Waals surface area (Å²) in [6.45, 7) is 2.52. The number of carbonyl (C=O) groups excluding carboxylic acids is 1. The highest BCUT2D eigenvalue weighted by Crippen LogP contribution is 2.26. The number of amides is 1. The molecule has 0 aliphatic heterocycles. The Hall–Kier alpha value is -2.91. The van der Waals surface area contributed by atoms with Crippen molar-refractivity contribution in [3.63, 3.8) is 0 Å². The third kappa shape index (κ3) is 5.58. The first-order chi connectivity index (χ1) is 14.4. The summed E-state index contributed by atoms with van der Waals surface area (Å²) >= 11 is 1.28. The standard InChI is InChI=1S/C21H22N2O5S2/c1-3-28-17-6-4-15(5-7-17)19-14-29-21(22-19)23-20(24)12-13-30(25,26)18-10-8-16(27-2)9-11-18/h4-11,14H,3,12-13H2,1-2H3,(H,22,23,24). The fourth-order valence-corrected chi connectivity index (χ4v) is 4.64. The molecule has 0 spiro atoms. The zero-order valence-electron chi connectivity index (χ0n) is 16.6. The maximum Gasteiger partial charge on any atom is 0.227 e. The van der Waals surface area contributed by atoms with Gasteiger partial charge in [0.15, 0.2) is 15.0 Å². The van der Waals surface area contributed by atoms with Gasteiger partial charge in [-0.05, 0) is 55.5 Å². The third-order valence-corrected chi connectivity index (χ3v) is 6.72. The van der Waals surface area contributed by atoms with Crippen molar-refractivity contribution < 1.29 is 22.7 Å². The average molecular weight is 447 g/mol. The molecule has 1 aromatic heterocycles. The van der Waals surface area contributed by atoms with Gasteiger partial charge < -0.3 is 14.8 Å². The molecule has 2 aromatic carbocycles. The second-order valence-electron chi connectivity index (χ2n) is 6.29. The number of ether oxygens (including phenoxy) is 2. The molecule has 0 saturated carbocycles. The van der Waals surface area contributed by atoms with Gasteiger partial charge in [0.25, 0.3) is 0 Å². The highest BCUT2D eigenvalue weighted by Gasteiger charge is 2.17. The first kappa shape index (κ1) is 21.8. The molecule has 3 aromatic rings. The molecule has 0 saturated heterocycles. The molecular formula is C21H22N2O5S2. The monoisotopic (exact) mass is 446 g/mol. The Morgan fingerprint density at radius 1 is 1.07 bits per heavy atom. The highest BCUT2D eigenvalue weighted by molar-refractivity contribution is 7.91. The first-order valence-corrected chi connectivity index (χ1v) is 11.8. The SMILES string of the molecule is CCOc1ccc(-c2csc(NC(=O)CCS(=O)(=O)c3ccc(OC)cc3)n2)cc1. The third-order valence-electron chi connectivity index (χ3n) is 4.23. The van der Waals surface area contributed by atoms with Crippen molar-refractivity contribution in [3.05, 3.63) is 53.9 Å². The van der Waals surface area contributed by atoms with Gasteiger partial charge in [-0.3, -0.25) is 4.79 Å². The van der Waals surface area contributed by atoms with Crippen molar-refractivity contribution in [1.82, 2.24) is 4.98 Å². The zero-order chi connectivity index (χ0) is 21.6. The van der Waals surface area contributed by atoms with E-state index in [0.717, 1.165) is 17.0 Å². The molecule has 1 N–H and O–H groups in total. The molecule has 7 nitrogen and oxygen atoms in total. The maximum atomic E-state index is 12.4. The van der Waals surface area contributed by atoms with Crippen LogP contribution in [0.3, 0.4) is 0 Å². The van der Waals surface area contributed by atoms with Crippen LogP contribution >= 0.6 is 11.3 Å². The largest absolute Gasteiger partial charge is 0.497 e. The Bertz CT molecular complexity index is 1090. The second-order valence-corrected chi connectivity index (χ2v) is 9.26. The average Bonchev–Trinajstić information content (AvgIpc) is 3.21. The van der Waals surface area contributed by atoms with E-state index in [9.17, 15) is 13.2 Å². The number of aromatic nitrogens is 1. The summed E-state index contributed by atoms with van der Waals surface area (Å²) in [5, 5.41) is 4.92. The molecule has 3 rings (SSSR count). The van der Waals surface area contributed by atoms with Crippen molar-refractivity contribution >= 4 is 32.2 Å². The van der Waals surface area contributed by atoms with Crippen LogP contribution in [0, 0.1) is 0 Å². The summed E-state index contributed by atoms with van der Waals surface area (Å²) in [6, 6.07) is 13.6. The number of nitrogens with one attached hydrogen (secondary N) is 1. The molecule has 0 unspecified atom stereocenters. The van der Waals surface area contributed by atoms with Crippen LogP contribution in [-0.2, 0) is 14.6 Å². The lowest BCUT2D eigenvalue weighted by atomic mass is 10.2. The van der Waals surface area contributed by atoms with Gasteiger partial charge in [-0.1, -0.05) is 0 Å². The van der Waals surface area contributed by atoms with E-state index >= 15 is 0 Å². The number of methoxy groups -OCH3 is 1. The van der Waals surface area contributed by atoms with Crippen molar-refractivity contribution in [2.45, 2.75) is 18.2 Å². The van der Waals surface area contributed by atoms with E-state index in [2.05, 4.69) is 10.3 Å². The van der Waals surface area contributed by atoms with Crippen LogP contribution in [0.4, 0.5) is 5.13 Å². The molecule has 0 radical (unpaired) electrons. The van der Waals surface area contributed by atoms with Crippen molar-refractivity contribution in [1.29, 1.82) is 0 Å². The van der Waals surface area contributed by atoms with Crippen LogP contribution in [0.25, 0.3) is 11.3 Å². The fraction of sp³-hybridized carbons (Fsp3) is 0.238. The Kier molecular flexibility index (Phi) is 7.07. The lowest BCUT2D eigenvalue weighted by Gasteiger charge is -2.06. The number of carbonyl (C=O) groups is 1. The van der Waals surface area contributed by atoms with Crippen LogP contribution < -0.4 is 14.8 Å². The van der Waals surface area contributed by atoms with E-state index in [4.69, 9.17) is 9.47 Å². The van der Waals surface area contributed by atoms with E-state index in [-0.39, 0.29) is 17.1 Å². The smallest absolute Gasteiger partial charge is 0.227 e. The van der Waals surface area contributed by atoms with E-state index in [0.29, 0.717) is 17.5 Å². The fourth-order valence-electron chi connectivity index (χ4n) is 2.66. The number of nitrogens with zero attached hydrogens (tertiary/aromatic N) is 1. The molecular weight excluding hydrogens is 424 g/mol. The second kappa shape index (κ2) is 9.73. The lowest BCUT2D eigenvalue weighted by Crippen LogP contribution is -2.17. The van der Waals surface area contributed by atoms with Gasteiger partial charge >= 0.3 is 0 Å². The van der Waals surface area contributed by atoms with Gasteiger partial charge in [-0.2, -0.15) is 0 Å². The molecule has 9 heteroatoms. The number of anilines is 1. The Labute approximate surface area is 179 Å². The summed E-state index contributed by atoms with van der Waals surface area (Å²) in [5.74, 6) is 0.656. The van der Waals surface area contributed by atoms with Gasteiger partial charge in [-0.25, -0.2) is 13.4 Å². The van der Waals surface area contributed by atoms with Crippen LogP contribution in [0.15, 0.2) is 58.8 Å². The minimum Gasteiger partial charge on any atom is -0.497 e. The van der Waals surface area contributed by atoms with Gasteiger partial charge in [0.1, 0.15) is 11.5 Å². The number of sulfone groups is 1. The van der Waals surface area contributed by atoms with Crippen molar-refractivity contribution in [2.24, 2.45) is 0 Å². The number of rotatable bonds is 9. The Balaban J connectivity index is 1.57. The molecule has 0 aliphatic carbocycles. The number of thiazole rings is 1. The molecule has 0 aliphatic rings. The van der Waals surface area contributed by atoms with Gasteiger partial charge in [0, 0.05) is 17.4 Å². The molecule has 30 heavy (non-hydrogen) atoms. The summed E-state index contributed by atoms with van der Waals surface area (Å²) in [7, 11) is -2.06. The molecule has 1 amide bonds. The molecule has 0 atom stereocenters. The zero-order valence-corrected chi connectivity index (χ0v) is 18.3. The Morgan fingerprint density at radius 3 is 2.37 bits per heavy atom. The van der Waals surface area contributed by atoms with Crippen LogP contribution in [0.1, 0.15) is 13.3 Å². The van der Waals surface area contributed by atoms with E-state index < -0.39 is 15.7 Å². The van der Waals surface area contributed by atoms with Crippen LogP contribution in [-0.4, -0.2) is 38.8 Å². The maximum absolute atomic E-state index is 12.4. The molecule has 1 heterocycles. The predicted octanol–water partition coefficient (Wildman–Crippen LogP) is 4.02. The molecule has 0 fully saturated rings. The predicted molar refractivity (Wildman–Crippen MR) is 117 cm³/mol. The number of hydrogen-bond donors (Lipinski definition) is 1. The van der Waals surface area contributed by atoms with Crippen molar-refractivity contribution in [3.8, 4) is 22.8 Å². The first-order valence-electron chi connectivity index (χ1n) is 9.26. The summed E-state index contributed by atoms with van der Waals surface area (Å²) in [6.07, 6.45) is -0.160. The number of hydrogen-bond acceptors (Lipinski definition) is 7. The van der Waals surface area contributed by atoms with E-state index in [1.807, 2.05) is 36.6 Å². The minimum atomic E-state index is -3.56. The molecule has 0 bridgehead atoms. The summed E-state index contributed by atoms with van der Waals surface area (Å²) < 4.78 is 35.3. The summed E-state index contributed by atoms with van der Waals surface area (Å²) in [5.41, 5.74) is 1.63. The Morgan fingerprint density at radius 2 is 1.73 bits per heavy atom. The quantitative estimate of drug-likeness (QED) is 0.533. The topological polar surface area (TPSA) is 94.6 Å².